The zero-order valence-electron chi connectivity index (χ0n) is 21.1. The van der Waals surface area contributed by atoms with Gasteiger partial charge in [-0.25, -0.2) is 4.39 Å². The molecular formula is C33H39FO. The molecule has 4 rings (SSSR count). The zero-order chi connectivity index (χ0) is 24.5. The Morgan fingerprint density at radius 1 is 0.857 bits per heavy atom. The molecule has 0 radical (unpaired) electrons. The first kappa shape index (κ1) is 25.4. The van der Waals surface area contributed by atoms with Gasteiger partial charge in [-0.2, -0.15) is 0 Å². The van der Waals surface area contributed by atoms with E-state index >= 15 is 0 Å². The molecule has 0 atom stereocenters. The third-order valence-electron chi connectivity index (χ3n) is 7.42. The average molecular weight is 471 g/mol. The van der Waals surface area contributed by atoms with E-state index < -0.39 is 0 Å². The molecule has 3 aromatic rings. The molecule has 184 valence electrons. The van der Waals surface area contributed by atoms with Crippen LogP contribution < -0.4 is 0 Å². The second kappa shape index (κ2) is 12.8. The quantitative estimate of drug-likeness (QED) is 0.201. The van der Waals surface area contributed by atoms with Crippen LogP contribution in [-0.2, 0) is 24.2 Å². The van der Waals surface area contributed by atoms with Crippen molar-refractivity contribution in [1.82, 2.24) is 0 Å². The van der Waals surface area contributed by atoms with Crippen LogP contribution in [0.25, 0.3) is 11.1 Å². The molecule has 0 amide bonds. The van der Waals surface area contributed by atoms with Crippen molar-refractivity contribution >= 4 is 0 Å². The first-order valence-electron chi connectivity index (χ1n) is 13.3. The zero-order valence-corrected chi connectivity index (χ0v) is 21.1. The standard InChI is InChI=1S/C33H39FO/c1-3-5-25-8-15-29(16-9-25)30-17-10-26(11-18-30)6-7-27-14-21-32(33(34)23-27)31-19-12-28(13-20-31)24-35-22-4-2/h3,10-14,17-21,23,25,29H,1,4-9,15-16,22,24H2,2H3. The van der Waals surface area contributed by atoms with Crippen molar-refractivity contribution in [1.29, 1.82) is 0 Å². The first-order valence-corrected chi connectivity index (χ1v) is 13.3. The molecule has 0 saturated heterocycles. The summed E-state index contributed by atoms with van der Waals surface area (Å²) in [6.45, 7) is 7.36. The number of benzene rings is 3. The van der Waals surface area contributed by atoms with E-state index in [1.54, 1.807) is 6.07 Å². The van der Waals surface area contributed by atoms with Crippen molar-refractivity contribution in [3.8, 4) is 11.1 Å². The summed E-state index contributed by atoms with van der Waals surface area (Å²) in [7, 11) is 0. The van der Waals surface area contributed by atoms with Gasteiger partial charge in [0.15, 0.2) is 0 Å². The van der Waals surface area contributed by atoms with Crippen LogP contribution in [0.2, 0.25) is 0 Å². The Balaban J connectivity index is 1.30. The smallest absolute Gasteiger partial charge is 0.131 e. The second-order valence-electron chi connectivity index (χ2n) is 10.0. The van der Waals surface area contributed by atoms with E-state index in [0.717, 1.165) is 54.9 Å². The topological polar surface area (TPSA) is 9.23 Å². The van der Waals surface area contributed by atoms with Crippen LogP contribution in [0.4, 0.5) is 4.39 Å². The number of hydrogen-bond donors (Lipinski definition) is 0. The van der Waals surface area contributed by atoms with Gasteiger partial charge >= 0.3 is 0 Å². The lowest BCUT2D eigenvalue weighted by atomic mass is 9.77. The van der Waals surface area contributed by atoms with Crippen molar-refractivity contribution in [2.24, 2.45) is 5.92 Å². The molecule has 1 saturated carbocycles. The highest BCUT2D eigenvalue weighted by Crippen LogP contribution is 2.37. The molecule has 0 bridgehead atoms. The van der Waals surface area contributed by atoms with Crippen molar-refractivity contribution in [3.05, 3.63) is 107 Å². The minimum atomic E-state index is -0.153. The van der Waals surface area contributed by atoms with Crippen LogP contribution in [0.3, 0.4) is 0 Å². The Hall–Kier alpha value is -2.71. The van der Waals surface area contributed by atoms with Crippen LogP contribution in [0, 0.1) is 11.7 Å². The number of rotatable bonds is 11. The van der Waals surface area contributed by atoms with Crippen molar-refractivity contribution in [2.45, 2.75) is 70.8 Å². The summed E-state index contributed by atoms with van der Waals surface area (Å²) < 4.78 is 20.5. The highest BCUT2D eigenvalue weighted by atomic mass is 19.1. The Bertz CT molecular complexity index is 1060. The summed E-state index contributed by atoms with van der Waals surface area (Å²) >= 11 is 0. The maximum atomic E-state index is 14.9. The summed E-state index contributed by atoms with van der Waals surface area (Å²) in [6, 6.07) is 22.8. The number of halogens is 1. The lowest BCUT2D eigenvalue weighted by Gasteiger charge is -2.28. The predicted octanol–water partition coefficient (Wildman–Crippen LogP) is 9.05. The van der Waals surface area contributed by atoms with Gasteiger partial charge in [-0.15, -0.1) is 6.58 Å². The summed E-state index contributed by atoms with van der Waals surface area (Å²) in [6.07, 6.45) is 11.2. The average Bonchev–Trinajstić information content (AvgIpc) is 2.89. The van der Waals surface area contributed by atoms with E-state index in [-0.39, 0.29) is 5.82 Å². The van der Waals surface area contributed by atoms with Crippen LogP contribution in [0.15, 0.2) is 79.4 Å². The molecule has 0 spiro atoms. The molecule has 0 unspecified atom stereocenters. The Labute approximate surface area is 211 Å². The normalized spacial score (nSPS) is 17.9. The van der Waals surface area contributed by atoms with Gasteiger partial charge in [-0.05, 0) is 97.1 Å². The molecule has 35 heavy (non-hydrogen) atoms. The van der Waals surface area contributed by atoms with E-state index in [9.17, 15) is 4.39 Å². The fourth-order valence-electron chi connectivity index (χ4n) is 5.28. The Morgan fingerprint density at radius 3 is 2.17 bits per heavy atom. The summed E-state index contributed by atoms with van der Waals surface area (Å²) in [5, 5.41) is 0. The van der Waals surface area contributed by atoms with E-state index in [2.05, 4.69) is 49.9 Å². The molecule has 1 nitrogen and oxygen atoms in total. The molecular weight excluding hydrogens is 431 g/mol. The molecule has 0 N–H and O–H groups in total. The minimum Gasteiger partial charge on any atom is -0.377 e. The largest absolute Gasteiger partial charge is 0.377 e. The molecule has 2 heteroatoms. The van der Waals surface area contributed by atoms with E-state index in [1.165, 1.54) is 36.8 Å². The van der Waals surface area contributed by atoms with Crippen LogP contribution in [0.5, 0.6) is 0 Å². The van der Waals surface area contributed by atoms with Gasteiger partial charge in [0.25, 0.3) is 0 Å². The lowest BCUT2D eigenvalue weighted by molar-refractivity contribution is 0.121. The van der Waals surface area contributed by atoms with Gasteiger partial charge in [-0.1, -0.05) is 73.7 Å². The van der Waals surface area contributed by atoms with Crippen molar-refractivity contribution < 1.29 is 9.13 Å². The molecule has 3 aromatic carbocycles. The molecule has 1 aliphatic carbocycles. The van der Waals surface area contributed by atoms with E-state index in [4.69, 9.17) is 4.74 Å². The van der Waals surface area contributed by atoms with Gasteiger partial charge in [0, 0.05) is 12.2 Å². The maximum absolute atomic E-state index is 14.9. The van der Waals surface area contributed by atoms with Crippen molar-refractivity contribution in [3.63, 3.8) is 0 Å². The SMILES string of the molecule is C=CCC1CCC(c2ccc(CCc3ccc(-c4ccc(COCCC)cc4)c(F)c3)cc2)CC1. The molecule has 0 heterocycles. The van der Waals surface area contributed by atoms with Gasteiger partial charge < -0.3 is 4.74 Å². The summed E-state index contributed by atoms with van der Waals surface area (Å²) in [5.74, 6) is 1.38. The van der Waals surface area contributed by atoms with Crippen molar-refractivity contribution in [2.75, 3.05) is 6.61 Å². The van der Waals surface area contributed by atoms with Gasteiger partial charge in [-0.3, -0.25) is 0 Å². The molecule has 0 aromatic heterocycles. The lowest BCUT2D eigenvalue weighted by Crippen LogP contribution is -2.12. The van der Waals surface area contributed by atoms with Gasteiger partial charge in [0.05, 0.1) is 6.61 Å². The number of ether oxygens (including phenoxy) is 1. The minimum absolute atomic E-state index is 0.153. The maximum Gasteiger partial charge on any atom is 0.131 e. The number of hydrogen-bond acceptors (Lipinski definition) is 1. The number of allylic oxidation sites excluding steroid dienone is 1. The Kier molecular flexibility index (Phi) is 9.31. The van der Waals surface area contributed by atoms with Gasteiger partial charge in [0.1, 0.15) is 5.82 Å². The Morgan fingerprint density at radius 2 is 1.51 bits per heavy atom. The second-order valence-corrected chi connectivity index (χ2v) is 10.0. The monoisotopic (exact) mass is 470 g/mol. The van der Waals surface area contributed by atoms with Crippen LogP contribution in [-0.4, -0.2) is 6.61 Å². The third-order valence-corrected chi connectivity index (χ3v) is 7.42. The van der Waals surface area contributed by atoms with Crippen LogP contribution >= 0.6 is 0 Å². The summed E-state index contributed by atoms with van der Waals surface area (Å²) in [4.78, 5) is 0. The van der Waals surface area contributed by atoms with Crippen LogP contribution in [0.1, 0.15) is 73.6 Å². The fourth-order valence-corrected chi connectivity index (χ4v) is 5.28. The predicted molar refractivity (Wildman–Crippen MR) is 145 cm³/mol. The highest BCUT2D eigenvalue weighted by molar-refractivity contribution is 5.64. The first-order chi connectivity index (χ1) is 17.2. The van der Waals surface area contributed by atoms with Gasteiger partial charge in [0.2, 0.25) is 0 Å². The molecule has 0 aliphatic heterocycles. The van der Waals surface area contributed by atoms with E-state index in [1.807, 2.05) is 30.3 Å². The highest BCUT2D eigenvalue weighted by Gasteiger charge is 2.21. The third kappa shape index (κ3) is 7.15. The molecule has 1 fully saturated rings. The molecule has 1 aliphatic rings. The van der Waals surface area contributed by atoms with E-state index in [0.29, 0.717) is 18.1 Å². The summed E-state index contributed by atoms with van der Waals surface area (Å²) in [5.41, 5.74) is 6.51. The number of aryl methyl sites for hydroxylation is 2. The fraction of sp³-hybridized carbons (Fsp3) is 0.394.